The minimum Gasteiger partial charge on any atom is -0.490 e. The van der Waals surface area contributed by atoms with Crippen molar-refractivity contribution in [1.82, 2.24) is 0 Å². The van der Waals surface area contributed by atoms with Gasteiger partial charge in [-0.25, -0.2) is 0 Å². The first-order valence-corrected chi connectivity index (χ1v) is 7.26. The number of hydrogen-bond acceptors (Lipinski definition) is 3. The van der Waals surface area contributed by atoms with Gasteiger partial charge >= 0.3 is 5.97 Å². The molecule has 7 heteroatoms. The molecule has 108 valence electrons. The largest absolute Gasteiger partial charge is 0.490 e. The third kappa shape index (κ3) is 2.91. The summed E-state index contributed by atoms with van der Waals surface area (Å²) in [5, 5.41) is 9.48. The fourth-order valence-corrected chi connectivity index (χ4v) is 3.05. The molecule has 2 rings (SSSR count). The van der Waals surface area contributed by atoms with E-state index in [-0.39, 0.29) is 18.9 Å². The normalized spacial score (nSPS) is 18.4. The van der Waals surface area contributed by atoms with Crippen LogP contribution in [0.5, 0.6) is 5.75 Å². The van der Waals surface area contributed by atoms with Gasteiger partial charge in [0.25, 0.3) is 0 Å². The lowest BCUT2D eigenvalue weighted by molar-refractivity contribution is -0.141. The highest BCUT2D eigenvalue weighted by Gasteiger charge is 2.36. The number of carboxylic acid groups (broad SMARTS) is 1. The number of aliphatic carboxylic acids is 1. The highest BCUT2D eigenvalue weighted by molar-refractivity contribution is 9.10. The minimum atomic E-state index is -0.972. The fourth-order valence-electron chi connectivity index (χ4n) is 2.14. The molecule has 1 atom stereocenters. The molecule has 1 fully saturated rings. The lowest BCUT2D eigenvalue weighted by Gasteiger charge is -2.21. The van der Waals surface area contributed by atoms with Crippen molar-refractivity contribution >= 4 is 45.1 Å². The zero-order valence-electron chi connectivity index (χ0n) is 10.7. The van der Waals surface area contributed by atoms with Crippen molar-refractivity contribution < 1.29 is 19.4 Å². The molecule has 1 amide bonds. The molecule has 1 heterocycles. The van der Waals surface area contributed by atoms with Crippen molar-refractivity contribution in [2.75, 3.05) is 18.1 Å². The van der Waals surface area contributed by atoms with Gasteiger partial charge in [0, 0.05) is 18.0 Å². The molecular weight excluding hydrogens is 350 g/mol. The summed E-state index contributed by atoms with van der Waals surface area (Å²) < 4.78 is 6.17. The zero-order valence-corrected chi connectivity index (χ0v) is 13.1. The van der Waals surface area contributed by atoms with Crippen molar-refractivity contribution in [3.05, 3.63) is 21.6 Å². The van der Waals surface area contributed by atoms with Crippen molar-refractivity contribution in [2.45, 2.75) is 13.3 Å². The Bertz CT molecular complexity index is 564. The molecule has 1 saturated heterocycles. The van der Waals surface area contributed by atoms with E-state index < -0.39 is 11.9 Å². The van der Waals surface area contributed by atoms with Crippen LogP contribution in [0, 0.1) is 5.92 Å². The van der Waals surface area contributed by atoms with Crippen LogP contribution in [0.15, 0.2) is 16.6 Å². The smallest absolute Gasteiger partial charge is 0.308 e. The average Bonchev–Trinajstić information content (AvgIpc) is 2.75. The zero-order chi connectivity index (χ0) is 14.9. The molecule has 0 saturated carbocycles. The molecule has 1 aromatic carbocycles. The van der Waals surface area contributed by atoms with Gasteiger partial charge in [0.2, 0.25) is 5.91 Å². The highest BCUT2D eigenvalue weighted by atomic mass is 79.9. The molecule has 5 nitrogen and oxygen atoms in total. The third-order valence-electron chi connectivity index (χ3n) is 3.04. The second-order valence-electron chi connectivity index (χ2n) is 4.41. The molecule has 1 aliphatic rings. The van der Waals surface area contributed by atoms with E-state index in [0.717, 1.165) is 0 Å². The second-order valence-corrected chi connectivity index (χ2v) is 5.70. The number of ether oxygens (including phenoxy) is 1. The number of halogens is 2. The highest BCUT2D eigenvalue weighted by Crippen LogP contribution is 2.41. The van der Waals surface area contributed by atoms with Crippen LogP contribution in [0.4, 0.5) is 5.69 Å². The van der Waals surface area contributed by atoms with E-state index >= 15 is 0 Å². The number of nitrogens with zero attached hydrogens (tertiary/aromatic N) is 1. The number of anilines is 1. The summed E-state index contributed by atoms with van der Waals surface area (Å²) in [5.41, 5.74) is 0.500. The van der Waals surface area contributed by atoms with E-state index in [2.05, 4.69) is 15.9 Å². The van der Waals surface area contributed by atoms with E-state index in [1.807, 2.05) is 6.92 Å². The molecule has 1 aromatic rings. The van der Waals surface area contributed by atoms with Crippen LogP contribution in [-0.2, 0) is 9.59 Å². The maximum Gasteiger partial charge on any atom is 0.308 e. The van der Waals surface area contributed by atoms with Gasteiger partial charge in [-0.15, -0.1) is 0 Å². The summed E-state index contributed by atoms with van der Waals surface area (Å²) in [6.07, 6.45) is -0.00890. The van der Waals surface area contributed by atoms with Gasteiger partial charge in [-0.05, 0) is 35.0 Å². The van der Waals surface area contributed by atoms with Gasteiger partial charge in [-0.3, -0.25) is 9.59 Å². The van der Waals surface area contributed by atoms with Crippen molar-refractivity contribution in [2.24, 2.45) is 5.92 Å². The van der Waals surface area contributed by atoms with E-state index in [1.165, 1.54) is 4.90 Å². The molecule has 1 aliphatic heterocycles. The number of amides is 1. The first-order valence-electron chi connectivity index (χ1n) is 6.09. The molecule has 0 spiro atoms. The molecule has 20 heavy (non-hydrogen) atoms. The number of carboxylic acids is 1. The Morgan fingerprint density at radius 1 is 1.60 bits per heavy atom. The number of rotatable bonds is 4. The van der Waals surface area contributed by atoms with Crippen LogP contribution in [-0.4, -0.2) is 30.1 Å². The molecular formula is C13H13BrClNO4. The van der Waals surface area contributed by atoms with E-state index in [0.29, 0.717) is 27.5 Å². The Kier molecular flexibility index (Phi) is 4.55. The van der Waals surface area contributed by atoms with Gasteiger partial charge in [-0.2, -0.15) is 0 Å². The van der Waals surface area contributed by atoms with Crippen LogP contribution in [0.2, 0.25) is 5.02 Å². The van der Waals surface area contributed by atoms with Gasteiger partial charge in [-0.1, -0.05) is 11.6 Å². The van der Waals surface area contributed by atoms with Crippen molar-refractivity contribution in [3.8, 4) is 5.75 Å². The van der Waals surface area contributed by atoms with Crippen LogP contribution in [0.3, 0.4) is 0 Å². The van der Waals surface area contributed by atoms with Gasteiger partial charge in [0.05, 0.1) is 22.7 Å². The summed E-state index contributed by atoms with van der Waals surface area (Å²) in [5.74, 6) is -1.42. The minimum absolute atomic E-state index is 0.00890. The Morgan fingerprint density at radius 3 is 2.85 bits per heavy atom. The summed E-state index contributed by atoms with van der Waals surface area (Å²) in [6.45, 7) is 2.38. The molecule has 0 radical (unpaired) electrons. The van der Waals surface area contributed by atoms with Gasteiger partial charge in [0.1, 0.15) is 0 Å². The number of carbonyl (C=O) groups is 2. The third-order valence-corrected chi connectivity index (χ3v) is 3.85. The molecule has 0 aliphatic carbocycles. The number of hydrogen-bond donors (Lipinski definition) is 1. The van der Waals surface area contributed by atoms with Gasteiger partial charge in [0.15, 0.2) is 5.75 Å². The fraction of sp³-hybridized carbons (Fsp3) is 0.385. The Hall–Kier alpha value is -1.27. The molecule has 0 aromatic heterocycles. The molecule has 1 N–H and O–H groups in total. The topological polar surface area (TPSA) is 66.8 Å². The predicted octanol–water partition coefficient (Wildman–Crippen LogP) is 2.94. The molecule has 0 bridgehead atoms. The van der Waals surface area contributed by atoms with Crippen LogP contribution < -0.4 is 9.64 Å². The Balaban J connectivity index is 2.41. The summed E-state index contributed by atoms with van der Waals surface area (Å²) in [7, 11) is 0. The Labute approximate surface area is 129 Å². The quantitative estimate of drug-likeness (QED) is 0.894. The standard InChI is InChI=1S/C13H13BrClNO4/c1-2-20-12-9(14)4-8(15)5-10(12)16-6-7(13(18)19)3-11(16)17/h4-5,7H,2-3,6H2,1H3,(H,18,19). The van der Waals surface area contributed by atoms with Gasteiger partial charge < -0.3 is 14.7 Å². The predicted molar refractivity (Wildman–Crippen MR) is 78.4 cm³/mol. The summed E-state index contributed by atoms with van der Waals surface area (Å²) in [6, 6.07) is 3.28. The summed E-state index contributed by atoms with van der Waals surface area (Å²) >= 11 is 9.35. The Morgan fingerprint density at radius 2 is 2.30 bits per heavy atom. The SMILES string of the molecule is CCOc1c(Br)cc(Cl)cc1N1CC(C(=O)O)CC1=O. The van der Waals surface area contributed by atoms with E-state index in [4.69, 9.17) is 21.4 Å². The lowest BCUT2D eigenvalue weighted by Crippen LogP contribution is -2.26. The average molecular weight is 363 g/mol. The van der Waals surface area contributed by atoms with Crippen LogP contribution in [0.25, 0.3) is 0 Å². The molecule has 1 unspecified atom stereocenters. The first kappa shape index (κ1) is 15.1. The second kappa shape index (κ2) is 6.01. The summed E-state index contributed by atoms with van der Waals surface area (Å²) in [4.78, 5) is 24.5. The monoisotopic (exact) mass is 361 g/mol. The van der Waals surface area contributed by atoms with Crippen LogP contribution in [0.1, 0.15) is 13.3 Å². The first-order chi connectivity index (χ1) is 9.43. The van der Waals surface area contributed by atoms with E-state index in [9.17, 15) is 9.59 Å². The maximum atomic E-state index is 12.0. The van der Waals surface area contributed by atoms with Crippen molar-refractivity contribution in [1.29, 1.82) is 0 Å². The van der Waals surface area contributed by atoms with Crippen molar-refractivity contribution in [3.63, 3.8) is 0 Å². The number of carbonyl (C=O) groups excluding carboxylic acids is 1. The number of benzene rings is 1. The maximum absolute atomic E-state index is 12.0. The lowest BCUT2D eigenvalue weighted by atomic mass is 10.1. The van der Waals surface area contributed by atoms with Crippen LogP contribution >= 0.6 is 27.5 Å². The van der Waals surface area contributed by atoms with E-state index in [1.54, 1.807) is 12.1 Å².